The normalized spacial score (nSPS) is 28.1. The molecule has 0 spiro atoms. The van der Waals surface area contributed by atoms with E-state index in [2.05, 4.69) is 0 Å². The number of rotatable bonds is 3. The minimum Gasteiger partial charge on any atom is -0.465 e. The zero-order valence-electron chi connectivity index (χ0n) is 9.54. The maximum absolute atomic E-state index is 11.6. The fourth-order valence-corrected chi connectivity index (χ4v) is 1.42. The Hall–Kier alpha value is -1.06. The van der Waals surface area contributed by atoms with Gasteiger partial charge < -0.3 is 9.47 Å². The zero-order chi connectivity index (χ0) is 11.5. The summed E-state index contributed by atoms with van der Waals surface area (Å²) in [6.07, 6.45) is 1.50. The number of carbonyl (C=O) groups is 2. The van der Waals surface area contributed by atoms with Gasteiger partial charge >= 0.3 is 11.9 Å². The number of hydrogen-bond donors (Lipinski definition) is 0. The first-order valence-electron chi connectivity index (χ1n) is 5.35. The summed E-state index contributed by atoms with van der Waals surface area (Å²) in [4.78, 5) is 22.7. The van der Waals surface area contributed by atoms with Crippen LogP contribution in [-0.4, -0.2) is 24.1 Å². The average Bonchev–Trinajstić information content (AvgIpc) is 2.15. The Balaban J connectivity index is 2.55. The number of carbonyl (C=O) groups excluding carboxylic acids is 2. The van der Waals surface area contributed by atoms with Crippen molar-refractivity contribution in [2.45, 2.75) is 45.6 Å². The van der Waals surface area contributed by atoms with Crippen molar-refractivity contribution in [2.24, 2.45) is 5.92 Å². The maximum Gasteiger partial charge on any atom is 0.309 e. The zero-order valence-corrected chi connectivity index (χ0v) is 9.54. The summed E-state index contributed by atoms with van der Waals surface area (Å²) in [5.41, 5.74) is -0.671. The van der Waals surface area contributed by atoms with Crippen LogP contribution in [0.4, 0.5) is 0 Å². The summed E-state index contributed by atoms with van der Waals surface area (Å²) in [6.45, 7) is 5.88. The van der Waals surface area contributed by atoms with E-state index in [0.717, 1.165) is 6.42 Å². The molecular weight excluding hydrogens is 196 g/mol. The molecule has 86 valence electrons. The topological polar surface area (TPSA) is 52.6 Å². The third kappa shape index (κ3) is 3.22. The second-order valence-electron chi connectivity index (χ2n) is 4.33. The molecule has 2 unspecified atom stereocenters. The molecular formula is C11H18O4. The van der Waals surface area contributed by atoms with Crippen molar-refractivity contribution in [1.29, 1.82) is 0 Å². The van der Waals surface area contributed by atoms with Crippen molar-refractivity contribution in [3.05, 3.63) is 0 Å². The summed E-state index contributed by atoms with van der Waals surface area (Å²) in [5.74, 6) is -0.629. The molecule has 0 aromatic rings. The largest absolute Gasteiger partial charge is 0.465 e. The molecule has 2 atom stereocenters. The summed E-state index contributed by atoms with van der Waals surface area (Å²) < 4.78 is 10.2. The monoisotopic (exact) mass is 214 g/mol. The highest BCUT2D eigenvalue weighted by atomic mass is 16.6. The van der Waals surface area contributed by atoms with Crippen LogP contribution in [0.5, 0.6) is 0 Å². The average molecular weight is 214 g/mol. The molecule has 0 saturated carbocycles. The predicted molar refractivity (Wildman–Crippen MR) is 54.1 cm³/mol. The highest BCUT2D eigenvalue weighted by molar-refractivity contribution is 5.75. The summed E-state index contributed by atoms with van der Waals surface area (Å²) >= 11 is 0. The lowest BCUT2D eigenvalue weighted by Gasteiger charge is -2.32. The van der Waals surface area contributed by atoms with Gasteiger partial charge in [-0.25, -0.2) is 0 Å². The standard InChI is InChI=1S/C11H18O4/c1-4-8(2)10(13)15-11(3)5-6-14-9(12)7-11/h8H,4-7H2,1-3H3. The highest BCUT2D eigenvalue weighted by Gasteiger charge is 2.36. The van der Waals surface area contributed by atoms with Crippen molar-refractivity contribution < 1.29 is 19.1 Å². The van der Waals surface area contributed by atoms with Crippen molar-refractivity contribution in [3.8, 4) is 0 Å². The number of cyclic esters (lactones) is 1. The van der Waals surface area contributed by atoms with E-state index in [1.165, 1.54) is 0 Å². The van der Waals surface area contributed by atoms with Gasteiger partial charge in [-0.3, -0.25) is 9.59 Å². The molecule has 0 amide bonds. The molecule has 1 heterocycles. The van der Waals surface area contributed by atoms with Gasteiger partial charge in [-0.05, 0) is 13.3 Å². The molecule has 1 fully saturated rings. The van der Waals surface area contributed by atoms with Gasteiger partial charge in [0.15, 0.2) is 0 Å². The number of ether oxygens (including phenoxy) is 2. The lowest BCUT2D eigenvalue weighted by Crippen LogP contribution is -2.41. The van der Waals surface area contributed by atoms with Crippen LogP contribution in [0.15, 0.2) is 0 Å². The predicted octanol–water partition coefficient (Wildman–Crippen LogP) is 1.67. The third-order valence-electron chi connectivity index (χ3n) is 2.77. The van der Waals surface area contributed by atoms with Crippen molar-refractivity contribution >= 4 is 11.9 Å². The second-order valence-corrected chi connectivity index (χ2v) is 4.33. The third-order valence-corrected chi connectivity index (χ3v) is 2.77. The van der Waals surface area contributed by atoms with Gasteiger partial charge in [-0.1, -0.05) is 13.8 Å². The second kappa shape index (κ2) is 4.64. The Morgan fingerprint density at radius 1 is 1.67 bits per heavy atom. The van der Waals surface area contributed by atoms with Gasteiger partial charge in [0.05, 0.1) is 18.9 Å². The van der Waals surface area contributed by atoms with Gasteiger partial charge in [-0.15, -0.1) is 0 Å². The van der Waals surface area contributed by atoms with Crippen LogP contribution in [0.3, 0.4) is 0 Å². The van der Waals surface area contributed by atoms with Crippen LogP contribution in [0.2, 0.25) is 0 Å². The molecule has 0 N–H and O–H groups in total. The van der Waals surface area contributed by atoms with Crippen molar-refractivity contribution in [2.75, 3.05) is 6.61 Å². The molecule has 0 bridgehead atoms. The molecule has 0 aliphatic carbocycles. The van der Waals surface area contributed by atoms with Gasteiger partial charge in [0, 0.05) is 6.42 Å². The lowest BCUT2D eigenvalue weighted by molar-refractivity contribution is -0.177. The summed E-state index contributed by atoms with van der Waals surface area (Å²) in [7, 11) is 0. The molecule has 1 rings (SSSR count). The van der Waals surface area contributed by atoms with Crippen LogP contribution >= 0.6 is 0 Å². The van der Waals surface area contributed by atoms with E-state index >= 15 is 0 Å². The van der Waals surface area contributed by atoms with Crippen LogP contribution < -0.4 is 0 Å². The Kier molecular flexibility index (Phi) is 3.72. The quantitative estimate of drug-likeness (QED) is 0.670. The molecule has 1 aliphatic rings. The highest BCUT2D eigenvalue weighted by Crippen LogP contribution is 2.26. The first-order valence-corrected chi connectivity index (χ1v) is 5.35. The van der Waals surface area contributed by atoms with Gasteiger partial charge in [0.2, 0.25) is 0 Å². The Morgan fingerprint density at radius 2 is 2.33 bits per heavy atom. The maximum atomic E-state index is 11.6. The molecule has 4 nitrogen and oxygen atoms in total. The van der Waals surface area contributed by atoms with Gasteiger partial charge in [-0.2, -0.15) is 0 Å². The van der Waals surface area contributed by atoms with Gasteiger partial charge in [0.25, 0.3) is 0 Å². The number of hydrogen-bond acceptors (Lipinski definition) is 4. The molecule has 1 aliphatic heterocycles. The van der Waals surface area contributed by atoms with Crippen LogP contribution in [0, 0.1) is 5.92 Å². The molecule has 15 heavy (non-hydrogen) atoms. The summed E-state index contributed by atoms with van der Waals surface area (Å²) in [6, 6.07) is 0. The van der Waals surface area contributed by atoms with E-state index < -0.39 is 5.60 Å². The summed E-state index contributed by atoms with van der Waals surface area (Å²) in [5, 5.41) is 0. The number of esters is 2. The molecule has 0 aromatic carbocycles. The minimum absolute atomic E-state index is 0.111. The molecule has 4 heteroatoms. The van der Waals surface area contributed by atoms with Crippen LogP contribution in [0.1, 0.15) is 40.0 Å². The first-order chi connectivity index (χ1) is 6.97. The fourth-order valence-electron chi connectivity index (χ4n) is 1.42. The Morgan fingerprint density at radius 3 is 2.87 bits per heavy atom. The molecule has 0 aromatic heterocycles. The van der Waals surface area contributed by atoms with E-state index in [4.69, 9.17) is 9.47 Å². The first kappa shape index (κ1) is 12.0. The van der Waals surface area contributed by atoms with E-state index in [-0.39, 0.29) is 24.3 Å². The van der Waals surface area contributed by atoms with Crippen molar-refractivity contribution in [3.63, 3.8) is 0 Å². The Labute approximate surface area is 89.9 Å². The Bertz CT molecular complexity index is 261. The lowest BCUT2D eigenvalue weighted by atomic mass is 9.96. The van der Waals surface area contributed by atoms with Gasteiger partial charge in [0.1, 0.15) is 5.60 Å². The van der Waals surface area contributed by atoms with E-state index in [0.29, 0.717) is 13.0 Å². The molecule has 1 saturated heterocycles. The minimum atomic E-state index is -0.671. The fraction of sp³-hybridized carbons (Fsp3) is 0.818. The van der Waals surface area contributed by atoms with E-state index in [9.17, 15) is 9.59 Å². The van der Waals surface area contributed by atoms with E-state index in [1.807, 2.05) is 13.8 Å². The molecule has 0 radical (unpaired) electrons. The SMILES string of the molecule is CCC(C)C(=O)OC1(C)CCOC(=O)C1. The van der Waals surface area contributed by atoms with E-state index in [1.54, 1.807) is 6.92 Å². The smallest absolute Gasteiger partial charge is 0.309 e. The van der Waals surface area contributed by atoms with Crippen LogP contribution in [0.25, 0.3) is 0 Å². The van der Waals surface area contributed by atoms with Crippen LogP contribution in [-0.2, 0) is 19.1 Å². The van der Waals surface area contributed by atoms with Crippen molar-refractivity contribution in [1.82, 2.24) is 0 Å².